The number of aromatic nitrogens is 2. The fourth-order valence-corrected chi connectivity index (χ4v) is 8.59. The Morgan fingerprint density at radius 3 is 2.52 bits per heavy atom. The van der Waals surface area contributed by atoms with Gasteiger partial charge < -0.3 is 14.2 Å². The van der Waals surface area contributed by atoms with Crippen LogP contribution in [0.5, 0.6) is 11.5 Å². The normalized spacial score (nSPS) is 21.0. The molecule has 13 heteroatoms. The number of fused-ring (bicyclic) bond motifs is 1. The van der Waals surface area contributed by atoms with Gasteiger partial charge in [-0.3, -0.25) is 9.69 Å². The molecule has 3 aliphatic rings. The lowest BCUT2D eigenvalue weighted by molar-refractivity contribution is -0.122. The summed E-state index contributed by atoms with van der Waals surface area (Å²) < 4.78 is 47.8. The van der Waals surface area contributed by atoms with Gasteiger partial charge in [-0.1, -0.05) is 60.4 Å². The van der Waals surface area contributed by atoms with E-state index in [1.54, 1.807) is 33.9 Å². The lowest BCUT2D eigenvalue weighted by Crippen LogP contribution is -2.48. The number of benzene rings is 3. The molecule has 0 N–H and O–H groups in total. The molecule has 4 heterocycles. The second kappa shape index (κ2) is 12.3. The van der Waals surface area contributed by atoms with Gasteiger partial charge >= 0.3 is 0 Å². The Hall–Kier alpha value is -4.01. The van der Waals surface area contributed by atoms with Crippen LogP contribution in [0.25, 0.3) is 23.0 Å². The van der Waals surface area contributed by atoms with Gasteiger partial charge in [-0.05, 0) is 61.9 Å². The first-order valence-electron chi connectivity index (χ1n) is 14.7. The van der Waals surface area contributed by atoms with Crippen LogP contribution >= 0.6 is 24.0 Å². The van der Waals surface area contributed by atoms with Crippen molar-refractivity contribution in [2.75, 3.05) is 19.9 Å². The maximum absolute atomic E-state index is 13.7. The number of hydrogen-bond donors (Lipinski definition) is 0. The third-order valence-corrected chi connectivity index (χ3v) is 11.0. The molecule has 0 radical (unpaired) electrons. The van der Waals surface area contributed by atoms with Crippen molar-refractivity contribution in [3.8, 4) is 28.4 Å². The third-order valence-electron chi connectivity index (χ3n) is 7.83. The minimum absolute atomic E-state index is 0.168. The average molecular weight is 675 g/mol. The first kappa shape index (κ1) is 30.6. The molecule has 1 amide bonds. The van der Waals surface area contributed by atoms with E-state index in [1.807, 2.05) is 74.6 Å². The maximum atomic E-state index is 13.7. The zero-order valence-electron chi connectivity index (χ0n) is 25.0. The Morgan fingerprint density at radius 1 is 0.978 bits per heavy atom. The first-order chi connectivity index (χ1) is 22.2. The monoisotopic (exact) mass is 674 g/mol. The van der Waals surface area contributed by atoms with Crippen LogP contribution in [0.3, 0.4) is 0 Å². The fourth-order valence-electron chi connectivity index (χ4n) is 5.71. The standard InChI is InChI=1S/C33H30N4O6S3/c1-21-16-35(17-22(2)43-21)46(39,40)27-10-6-7-24(14-27)31-25(19-37(34-31)26-8-4-3-5-9-26)15-30-32(38)36(33(44)45-30)18-23-11-12-28-29(13-23)42-20-41-28/h3-15,19,21-22H,16-18,20H2,1-2H3/b30-15-. The van der Waals surface area contributed by atoms with Crippen molar-refractivity contribution < 1.29 is 27.4 Å². The van der Waals surface area contributed by atoms with Crippen molar-refractivity contribution in [1.29, 1.82) is 0 Å². The molecule has 1 aromatic heterocycles. The van der Waals surface area contributed by atoms with Crippen LogP contribution in [0.2, 0.25) is 0 Å². The van der Waals surface area contributed by atoms with Crippen LogP contribution < -0.4 is 9.47 Å². The highest BCUT2D eigenvalue weighted by molar-refractivity contribution is 8.26. The van der Waals surface area contributed by atoms with Gasteiger partial charge in [0.05, 0.1) is 34.2 Å². The number of morpholine rings is 1. The number of thiocarbonyl (C=S) groups is 1. The van der Waals surface area contributed by atoms with Gasteiger partial charge in [0.2, 0.25) is 16.8 Å². The lowest BCUT2D eigenvalue weighted by Gasteiger charge is -2.34. The number of para-hydroxylation sites is 1. The summed E-state index contributed by atoms with van der Waals surface area (Å²) in [6.45, 7) is 4.75. The molecule has 2 fully saturated rings. The summed E-state index contributed by atoms with van der Waals surface area (Å²) in [7, 11) is -3.79. The van der Waals surface area contributed by atoms with Gasteiger partial charge in [-0.25, -0.2) is 13.1 Å². The summed E-state index contributed by atoms with van der Waals surface area (Å²) in [6, 6.07) is 21.9. The van der Waals surface area contributed by atoms with E-state index in [4.69, 9.17) is 31.5 Å². The summed E-state index contributed by atoms with van der Waals surface area (Å²) in [5.41, 5.74) is 3.47. The summed E-state index contributed by atoms with van der Waals surface area (Å²) in [5, 5.41) is 4.87. The van der Waals surface area contributed by atoms with Gasteiger partial charge in [0.15, 0.2) is 11.5 Å². The Labute approximate surface area is 276 Å². The number of thioether (sulfide) groups is 1. The summed E-state index contributed by atoms with van der Waals surface area (Å²) in [6.07, 6.45) is 3.19. The van der Waals surface area contributed by atoms with E-state index >= 15 is 0 Å². The lowest BCUT2D eigenvalue weighted by atomic mass is 10.1. The van der Waals surface area contributed by atoms with Crippen molar-refractivity contribution in [3.05, 3.63) is 95.0 Å². The van der Waals surface area contributed by atoms with Crippen LogP contribution in [-0.2, 0) is 26.1 Å². The highest BCUT2D eigenvalue weighted by Crippen LogP contribution is 2.38. The van der Waals surface area contributed by atoms with Crippen LogP contribution in [0.1, 0.15) is 25.0 Å². The topological polar surface area (TPSA) is 103 Å². The second-order valence-corrected chi connectivity index (χ2v) is 14.9. The van der Waals surface area contributed by atoms with Crippen LogP contribution in [0.15, 0.2) is 88.8 Å². The van der Waals surface area contributed by atoms with E-state index < -0.39 is 10.0 Å². The van der Waals surface area contributed by atoms with Crippen molar-refractivity contribution in [2.24, 2.45) is 0 Å². The number of ether oxygens (including phenoxy) is 3. The van der Waals surface area contributed by atoms with E-state index in [-0.39, 0.29) is 49.4 Å². The maximum Gasteiger partial charge on any atom is 0.266 e. The highest BCUT2D eigenvalue weighted by Gasteiger charge is 2.34. The Morgan fingerprint density at radius 2 is 1.74 bits per heavy atom. The Bertz CT molecular complexity index is 1970. The molecule has 2 saturated heterocycles. The molecule has 3 aliphatic heterocycles. The van der Waals surface area contributed by atoms with Gasteiger partial charge in [0.25, 0.3) is 5.91 Å². The van der Waals surface area contributed by atoms with Crippen LogP contribution in [0, 0.1) is 0 Å². The molecule has 0 spiro atoms. The van der Waals surface area contributed by atoms with Gasteiger partial charge in [-0.15, -0.1) is 0 Å². The third kappa shape index (κ3) is 5.96. The van der Waals surface area contributed by atoms with E-state index in [2.05, 4.69) is 0 Å². The SMILES string of the molecule is CC1CN(S(=O)(=O)c2cccc(-c3nn(-c4ccccc4)cc3/C=C3\SC(=S)N(Cc4ccc5c(c4)OCO5)C3=O)c2)CC(C)O1. The zero-order valence-corrected chi connectivity index (χ0v) is 27.5. The molecule has 3 aromatic carbocycles. The van der Waals surface area contributed by atoms with Gasteiger partial charge in [0, 0.05) is 30.4 Å². The minimum Gasteiger partial charge on any atom is -0.454 e. The average Bonchev–Trinajstić information content (AvgIpc) is 3.76. The smallest absolute Gasteiger partial charge is 0.266 e. The Kier molecular flexibility index (Phi) is 8.19. The molecule has 0 bridgehead atoms. The van der Waals surface area contributed by atoms with Crippen molar-refractivity contribution in [2.45, 2.75) is 37.5 Å². The van der Waals surface area contributed by atoms with Crippen molar-refractivity contribution in [3.63, 3.8) is 0 Å². The number of carbonyl (C=O) groups is 1. The van der Waals surface area contributed by atoms with Crippen molar-refractivity contribution >= 4 is 50.3 Å². The molecule has 10 nitrogen and oxygen atoms in total. The number of carbonyl (C=O) groups excluding carboxylic acids is 1. The summed E-state index contributed by atoms with van der Waals surface area (Å²) in [4.78, 5) is 15.8. The number of amides is 1. The molecule has 2 unspecified atom stereocenters. The highest BCUT2D eigenvalue weighted by atomic mass is 32.2. The quantitative estimate of drug-likeness (QED) is 0.187. The molecular weight excluding hydrogens is 645 g/mol. The number of nitrogens with zero attached hydrogens (tertiary/aromatic N) is 4. The predicted octanol–water partition coefficient (Wildman–Crippen LogP) is 5.47. The first-order valence-corrected chi connectivity index (χ1v) is 17.4. The predicted molar refractivity (Wildman–Crippen MR) is 179 cm³/mol. The molecule has 7 rings (SSSR count). The molecule has 46 heavy (non-hydrogen) atoms. The molecule has 0 aliphatic carbocycles. The van der Waals surface area contributed by atoms with Crippen LogP contribution in [-0.4, -0.2) is 69.7 Å². The fraction of sp³-hybridized carbons (Fsp3) is 0.242. The van der Waals surface area contributed by atoms with Crippen LogP contribution in [0.4, 0.5) is 0 Å². The van der Waals surface area contributed by atoms with Gasteiger partial charge in [0.1, 0.15) is 10.0 Å². The summed E-state index contributed by atoms with van der Waals surface area (Å²) >= 11 is 6.84. The summed E-state index contributed by atoms with van der Waals surface area (Å²) in [5.74, 6) is 1.08. The van der Waals surface area contributed by atoms with E-state index in [0.29, 0.717) is 37.5 Å². The van der Waals surface area contributed by atoms with Gasteiger partial charge in [-0.2, -0.15) is 9.40 Å². The molecule has 0 saturated carbocycles. The van der Waals surface area contributed by atoms with E-state index in [0.717, 1.165) is 11.3 Å². The molecule has 4 aromatic rings. The van der Waals surface area contributed by atoms with E-state index in [9.17, 15) is 13.2 Å². The number of rotatable bonds is 7. The number of sulfonamides is 1. The second-order valence-electron chi connectivity index (χ2n) is 11.3. The molecule has 236 valence electrons. The number of hydrogen-bond acceptors (Lipinski definition) is 9. The molecule has 2 atom stereocenters. The zero-order chi connectivity index (χ0) is 32.0. The largest absolute Gasteiger partial charge is 0.454 e. The van der Waals surface area contributed by atoms with E-state index in [1.165, 1.54) is 16.1 Å². The minimum atomic E-state index is -3.79. The Balaban J connectivity index is 1.23. The van der Waals surface area contributed by atoms with Crippen molar-refractivity contribution in [1.82, 2.24) is 19.0 Å². The molecular formula is C33H30N4O6S3.